The van der Waals surface area contributed by atoms with Gasteiger partial charge in [-0.1, -0.05) is 91.9 Å². The number of nitrogens with zero attached hydrogens (tertiary/aromatic N) is 2. The molecule has 5 aromatic rings. The van der Waals surface area contributed by atoms with Gasteiger partial charge in [-0.2, -0.15) is 4.57 Å². The number of ether oxygens (including phenoxy) is 1. The molecule has 0 saturated heterocycles. The Hall–Kier alpha value is -4.15. The Morgan fingerprint density at radius 1 is 0.902 bits per heavy atom. The molecule has 1 aromatic heterocycles. The van der Waals surface area contributed by atoms with E-state index in [9.17, 15) is 0 Å². The minimum absolute atomic E-state index is 0.165. The van der Waals surface area contributed by atoms with Crippen LogP contribution in [0.5, 0.6) is 5.75 Å². The van der Waals surface area contributed by atoms with Crippen molar-refractivity contribution in [3.63, 3.8) is 0 Å². The van der Waals surface area contributed by atoms with Gasteiger partial charge in [0.2, 0.25) is 11.4 Å². The van der Waals surface area contributed by atoms with E-state index in [4.69, 9.17) is 4.74 Å². The lowest BCUT2D eigenvalue weighted by Gasteiger charge is -2.30. The van der Waals surface area contributed by atoms with Crippen molar-refractivity contribution in [2.45, 2.75) is 40.2 Å². The average Bonchev–Trinajstić information content (AvgIpc) is 3.48. The van der Waals surface area contributed by atoms with E-state index in [0.717, 1.165) is 36.7 Å². The zero-order valence-electron chi connectivity index (χ0n) is 24.1. The van der Waals surface area contributed by atoms with Crippen LogP contribution < -0.4 is 14.2 Å². The van der Waals surface area contributed by atoms with Crippen LogP contribution in [0.4, 0.5) is 5.69 Å². The Balaban J connectivity index is 1.25. The quantitative estimate of drug-likeness (QED) is 0.205. The molecule has 41 heavy (non-hydrogen) atoms. The second-order valence-electron chi connectivity index (χ2n) is 12.0. The Morgan fingerprint density at radius 3 is 2.54 bits per heavy atom. The third kappa shape index (κ3) is 4.76. The van der Waals surface area contributed by atoms with Gasteiger partial charge in [-0.3, -0.25) is 0 Å². The van der Waals surface area contributed by atoms with Gasteiger partial charge in [0.15, 0.2) is 5.75 Å². The maximum absolute atomic E-state index is 6.38. The maximum Gasteiger partial charge on any atom is 0.263 e. The fourth-order valence-corrected chi connectivity index (χ4v) is 7.63. The Morgan fingerprint density at radius 2 is 1.71 bits per heavy atom. The third-order valence-corrected chi connectivity index (χ3v) is 9.35. The smallest absolute Gasteiger partial charge is 0.263 e. The molecule has 0 saturated carbocycles. The highest BCUT2D eigenvalue weighted by Crippen LogP contribution is 2.44. The molecule has 4 aromatic carbocycles. The predicted molar refractivity (Wildman–Crippen MR) is 173 cm³/mol. The highest BCUT2D eigenvalue weighted by molar-refractivity contribution is 7.19. The van der Waals surface area contributed by atoms with Gasteiger partial charge in [-0.05, 0) is 77.1 Å². The molecule has 0 fully saturated rings. The van der Waals surface area contributed by atoms with Gasteiger partial charge in [-0.25, -0.2) is 0 Å². The van der Waals surface area contributed by atoms with Crippen molar-refractivity contribution in [2.75, 3.05) is 11.9 Å². The molecule has 0 atom stereocenters. The first-order valence-electron chi connectivity index (χ1n) is 14.5. The van der Waals surface area contributed by atoms with E-state index in [2.05, 4.69) is 140 Å². The van der Waals surface area contributed by atoms with Crippen molar-refractivity contribution in [1.29, 1.82) is 0 Å². The number of hydrogen-bond donors (Lipinski definition) is 0. The summed E-state index contributed by atoms with van der Waals surface area (Å²) in [6, 6.07) is 30.2. The minimum atomic E-state index is 0.165. The van der Waals surface area contributed by atoms with Crippen LogP contribution in [-0.2, 0) is 6.54 Å². The van der Waals surface area contributed by atoms with E-state index in [0.29, 0.717) is 0 Å². The summed E-state index contributed by atoms with van der Waals surface area (Å²) >= 11 is 1.89. The highest BCUT2D eigenvalue weighted by atomic mass is 32.1. The summed E-state index contributed by atoms with van der Waals surface area (Å²) in [5.74, 6) is 1.79. The molecule has 0 spiro atoms. The number of allylic oxidation sites excluding steroid dienone is 4. The molecule has 0 radical (unpaired) electrons. The van der Waals surface area contributed by atoms with E-state index < -0.39 is 0 Å². The summed E-state index contributed by atoms with van der Waals surface area (Å²) in [7, 11) is 2.10. The normalized spacial score (nSPS) is 18.2. The van der Waals surface area contributed by atoms with Crippen molar-refractivity contribution in [3.05, 3.63) is 119 Å². The lowest BCUT2D eigenvalue weighted by Crippen LogP contribution is -2.33. The van der Waals surface area contributed by atoms with Crippen LogP contribution >= 0.6 is 11.3 Å². The van der Waals surface area contributed by atoms with Gasteiger partial charge in [0.05, 0.1) is 11.1 Å². The summed E-state index contributed by atoms with van der Waals surface area (Å²) in [6.45, 7) is 7.94. The molecule has 1 aliphatic heterocycles. The first-order valence-corrected chi connectivity index (χ1v) is 15.3. The van der Waals surface area contributed by atoms with Crippen molar-refractivity contribution >= 4 is 44.1 Å². The van der Waals surface area contributed by atoms with Gasteiger partial charge >= 0.3 is 0 Å². The van der Waals surface area contributed by atoms with E-state index in [1.165, 1.54) is 48.3 Å². The average molecular weight is 556 g/mol. The lowest BCUT2D eigenvalue weighted by molar-refractivity contribution is -0.664. The molecule has 4 heteroatoms. The molecular formula is C37H35N2OS+. The van der Waals surface area contributed by atoms with E-state index in [-0.39, 0.29) is 5.41 Å². The first kappa shape index (κ1) is 25.8. The number of benzene rings is 4. The number of aryl methyl sites for hydroxylation is 1. The number of thiazole rings is 1. The van der Waals surface area contributed by atoms with Gasteiger partial charge < -0.3 is 9.64 Å². The van der Waals surface area contributed by atoms with Gasteiger partial charge in [0, 0.05) is 19.2 Å². The van der Waals surface area contributed by atoms with Gasteiger partial charge in [0.25, 0.3) is 5.01 Å². The SMILES string of the molecule is CC[n+]1c(/C=C2C=C(/C=C3\Oc4ccc(-c5ccccc5)cc4N3C)CC(C)(C)C/2)sc2ccc3ccccc3c21. The molecule has 2 aliphatic rings. The molecule has 204 valence electrons. The monoisotopic (exact) mass is 555 g/mol. The van der Waals surface area contributed by atoms with Crippen molar-refractivity contribution in [2.24, 2.45) is 5.41 Å². The van der Waals surface area contributed by atoms with Crippen LogP contribution in [0.2, 0.25) is 0 Å². The van der Waals surface area contributed by atoms with Gasteiger partial charge in [-0.15, -0.1) is 0 Å². The van der Waals surface area contributed by atoms with E-state index >= 15 is 0 Å². The molecule has 0 N–H and O–H groups in total. The summed E-state index contributed by atoms with van der Waals surface area (Å²) in [5.41, 5.74) is 7.70. The first-order chi connectivity index (χ1) is 19.9. The van der Waals surface area contributed by atoms with Crippen LogP contribution in [0.3, 0.4) is 0 Å². The molecule has 3 nitrogen and oxygen atoms in total. The molecular weight excluding hydrogens is 520 g/mol. The summed E-state index contributed by atoms with van der Waals surface area (Å²) in [6.07, 6.45) is 9.11. The Bertz CT molecular complexity index is 1890. The van der Waals surface area contributed by atoms with Crippen molar-refractivity contribution in [1.82, 2.24) is 0 Å². The van der Waals surface area contributed by atoms with Gasteiger partial charge in [0.1, 0.15) is 11.2 Å². The third-order valence-electron chi connectivity index (χ3n) is 8.26. The molecule has 0 unspecified atom stereocenters. The second-order valence-corrected chi connectivity index (χ2v) is 13.0. The zero-order chi connectivity index (χ0) is 28.1. The fraction of sp³-hybridized carbons (Fsp3) is 0.216. The maximum atomic E-state index is 6.38. The van der Waals surface area contributed by atoms with Crippen molar-refractivity contribution in [3.8, 4) is 16.9 Å². The minimum Gasteiger partial charge on any atom is -0.439 e. The number of rotatable bonds is 4. The molecule has 2 heterocycles. The molecule has 7 rings (SSSR count). The topological polar surface area (TPSA) is 16.4 Å². The van der Waals surface area contributed by atoms with E-state index in [1.807, 2.05) is 11.3 Å². The predicted octanol–water partition coefficient (Wildman–Crippen LogP) is 9.53. The molecule has 0 amide bonds. The van der Waals surface area contributed by atoms with Crippen LogP contribution in [0.25, 0.3) is 38.2 Å². The Kier molecular flexibility index (Phi) is 6.32. The largest absolute Gasteiger partial charge is 0.439 e. The summed E-state index contributed by atoms with van der Waals surface area (Å²) in [4.78, 5) is 2.18. The van der Waals surface area contributed by atoms with Crippen LogP contribution in [0.15, 0.2) is 114 Å². The Labute approximate surface area is 246 Å². The second kappa shape index (κ2) is 10.0. The summed E-state index contributed by atoms with van der Waals surface area (Å²) < 4.78 is 10.2. The fourth-order valence-electron chi connectivity index (χ4n) is 6.41. The van der Waals surface area contributed by atoms with E-state index in [1.54, 1.807) is 0 Å². The summed E-state index contributed by atoms with van der Waals surface area (Å²) in [5, 5.41) is 3.93. The molecule has 1 aliphatic carbocycles. The zero-order valence-corrected chi connectivity index (χ0v) is 25.0. The van der Waals surface area contributed by atoms with Crippen LogP contribution in [0.1, 0.15) is 38.6 Å². The van der Waals surface area contributed by atoms with Crippen LogP contribution in [0, 0.1) is 5.41 Å². The van der Waals surface area contributed by atoms with Crippen molar-refractivity contribution < 1.29 is 9.30 Å². The lowest BCUT2D eigenvalue weighted by atomic mass is 9.75. The number of hydrogen-bond acceptors (Lipinski definition) is 3. The standard InChI is InChI=1S/C37H35N2OS/c1-5-39-35(41-33-18-16-28-13-9-10-14-30(28)36(33)39)21-26-19-25(23-37(2,3)24-26)20-34-38(4)31-22-29(15-17-32(31)40-34)27-11-7-6-8-12-27/h6-22H,5,23-24H2,1-4H3/q+1. The number of aromatic nitrogens is 1. The van der Waals surface area contributed by atoms with Crippen LogP contribution in [-0.4, -0.2) is 7.05 Å². The highest BCUT2D eigenvalue weighted by Gasteiger charge is 2.29. The molecule has 0 bridgehead atoms. The number of anilines is 1. The number of fused-ring (bicyclic) bond motifs is 4.